The van der Waals surface area contributed by atoms with Gasteiger partial charge in [0.25, 0.3) is 11.8 Å². The molecule has 2 aromatic rings. The fourth-order valence-electron chi connectivity index (χ4n) is 4.05. The zero-order valence-electron chi connectivity index (χ0n) is 17.6. The van der Waals surface area contributed by atoms with E-state index in [1.165, 1.54) is 7.11 Å². The molecule has 2 amide bonds. The van der Waals surface area contributed by atoms with Crippen LogP contribution in [0.1, 0.15) is 50.9 Å². The van der Waals surface area contributed by atoms with Crippen molar-refractivity contribution in [2.75, 3.05) is 38.4 Å². The quantitative estimate of drug-likeness (QED) is 0.649. The van der Waals surface area contributed by atoms with Crippen LogP contribution in [0.25, 0.3) is 0 Å². The highest BCUT2D eigenvalue weighted by Crippen LogP contribution is 2.31. The van der Waals surface area contributed by atoms with Gasteiger partial charge in [0.2, 0.25) is 5.88 Å². The Morgan fingerprint density at radius 3 is 2.55 bits per heavy atom. The van der Waals surface area contributed by atoms with Crippen LogP contribution in [-0.4, -0.2) is 70.0 Å². The van der Waals surface area contributed by atoms with Crippen molar-refractivity contribution in [1.29, 1.82) is 0 Å². The molecule has 2 saturated heterocycles. The first kappa shape index (κ1) is 21.9. The molecular formula is C22H25ClN4O3S. The van der Waals surface area contributed by atoms with Crippen molar-refractivity contribution in [3.8, 4) is 5.88 Å². The molecule has 0 bridgehead atoms. The molecule has 7 nitrogen and oxygen atoms in total. The zero-order valence-corrected chi connectivity index (χ0v) is 19.2. The van der Waals surface area contributed by atoms with Crippen molar-refractivity contribution in [2.45, 2.75) is 25.7 Å². The fourth-order valence-corrected chi connectivity index (χ4v) is 5.20. The molecular weight excluding hydrogens is 436 g/mol. The van der Waals surface area contributed by atoms with Gasteiger partial charge in [-0.3, -0.25) is 14.6 Å². The lowest BCUT2D eigenvalue weighted by Gasteiger charge is -2.33. The van der Waals surface area contributed by atoms with Gasteiger partial charge in [-0.05, 0) is 38.0 Å². The first-order valence-corrected chi connectivity index (χ1v) is 11.8. The van der Waals surface area contributed by atoms with Crippen LogP contribution >= 0.6 is 23.4 Å². The number of amides is 2. The topological polar surface area (TPSA) is 75.6 Å². The Bertz CT molecular complexity index is 989. The van der Waals surface area contributed by atoms with Gasteiger partial charge >= 0.3 is 0 Å². The number of ether oxygens (including phenoxy) is 1. The highest BCUT2D eigenvalue weighted by molar-refractivity contribution is 7.99. The number of aryl methyl sites for hydroxylation is 1. The van der Waals surface area contributed by atoms with Gasteiger partial charge in [0.05, 0.1) is 24.2 Å². The number of thioether (sulfide) groups is 1. The summed E-state index contributed by atoms with van der Waals surface area (Å²) in [6.07, 6.45) is 1.51. The van der Waals surface area contributed by atoms with Gasteiger partial charge in [0.1, 0.15) is 5.15 Å². The van der Waals surface area contributed by atoms with E-state index in [2.05, 4.69) is 4.98 Å². The summed E-state index contributed by atoms with van der Waals surface area (Å²) in [5, 5.41) is 0.227. The average molecular weight is 461 g/mol. The van der Waals surface area contributed by atoms with Crippen LogP contribution in [0, 0.1) is 6.92 Å². The lowest BCUT2D eigenvalue weighted by Crippen LogP contribution is -2.38. The molecule has 4 rings (SSSR count). The molecule has 2 aromatic heterocycles. The third-order valence-corrected chi connectivity index (χ3v) is 6.89. The maximum atomic E-state index is 13.0. The number of carbonyl (C=O) groups is 2. The second-order valence-corrected chi connectivity index (χ2v) is 9.24. The second kappa shape index (κ2) is 9.44. The highest BCUT2D eigenvalue weighted by atomic mass is 35.5. The summed E-state index contributed by atoms with van der Waals surface area (Å²) < 4.78 is 5.13. The average Bonchev–Trinajstić information content (AvgIpc) is 3.33. The van der Waals surface area contributed by atoms with E-state index in [0.717, 1.165) is 42.4 Å². The Kier molecular flexibility index (Phi) is 6.67. The van der Waals surface area contributed by atoms with Gasteiger partial charge in [-0.15, -0.1) is 11.8 Å². The molecule has 0 atom stereocenters. The molecule has 0 spiro atoms. The molecule has 0 radical (unpaired) electrons. The smallest absolute Gasteiger partial charge is 0.256 e. The molecule has 0 aliphatic carbocycles. The van der Waals surface area contributed by atoms with E-state index in [-0.39, 0.29) is 22.9 Å². The number of methoxy groups -OCH3 is 1. The molecule has 0 unspecified atom stereocenters. The van der Waals surface area contributed by atoms with Crippen molar-refractivity contribution in [1.82, 2.24) is 19.8 Å². The largest absolute Gasteiger partial charge is 0.481 e. The summed E-state index contributed by atoms with van der Waals surface area (Å²) in [7, 11) is 1.49. The van der Waals surface area contributed by atoms with E-state index in [1.54, 1.807) is 23.9 Å². The van der Waals surface area contributed by atoms with Crippen LogP contribution in [0.5, 0.6) is 5.88 Å². The number of hydrogen-bond donors (Lipinski definition) is 0. The van der Waals surface area contributed by atoms with Gasteiger partial charge in [-0.1, -0.05) is 11.6 Å². The predicted octanol–water partition coefficient (Wildman–Crippen LogP) is 3.61. The van der Waals surface area contributed by atoms with Crippen LogP contribution in [0.3, 0.4) is 0 Å². The first-order valence-electron chi connectivity index (χ1n) is 10.3. The number of carbonyl (C=O) groups excluding carboxylic acids is 2. The number of halogens is 1. The van der Waals surface area contributed by atoms with Gasteiger partial charge in [-0.25, -0.2) is 4.98 Å². The highest BCUT2D eigenvalue weighted by Gasteiger charge is 2.30. The second-order valence-electron chi connectivity index (χ2n) is 7.78. The normalized spacial score (nSPS) is 17.1. The lowest BCUT2D eigenvalue weighted by molar-refractivity contribution is 0.0707. The zero-order chi connectivity index (χ0) is 22.0. The summed E-state index contributed by atoms with van der Waals surface area (Å²) in [5.41, 5.74) is 2.93. The van der Waals surface area contributed by atoms with Crippen molar-refractivity contribution in [3.63, 3.8) is 0 Å². The Hall–Kier alpha value is -2.32. The Labute approximate surface area is 191 Å². The van der Waals surface area contributed by atoms with Gasteiger partial charge in [0.15, 0.2) is 0 Å². The molecule has 164 valence electrons. The van der Waals surface area contributed by atoms with Crippen LogP contribution in [0.4, 0.5) is 0 Å². The molecule has 2 aliphatic heterocycles. The molecule has 0 saturated carbocycles. The van der Waals surface area contributed by atoms with E-state index in [1.807, 2.05) is 28.9 Å². The third kappa shape index (κ3) is 4.80. The Morgan fingerprint density at radius 2 is 1.87 bits per heavy atom. The standard InChI is InChI=1S/C22H25ClN4O3S/c1-14-3-4-17(22(29)27-9-10-31-13-27)20(24-14)15-5-7-26(8-6-15)21(28)16-11-18(23)25-19(12-16)30-2/h3-4,11-12,15H,5-10,13H2,1-2H3. The molecule has 9 heteroatoms. The maximum absolute atomic E-state index is 13.0. The minimum Gasteiger partial charge on any atom is -0.481 e. The summed E-state index contributed by atoms with van der Waals surface area (Å²) in [6.45, 7) is 3.91. The predicted molar refractivity (Wildman–Crippen MR) is 121 cm³/mol. The molecule has 2 fully saturated rings. The minimum atomic E-state index is -0.0938. The minimum absolute atomic E-state index is 0.0597. The van der Waals surface area contributed by atoms with Crippen molar-refractivity contribution in [3.05, 3.63) is 51.9 Å². The maximum Gasteiger partial charge on any atom is 0.256 e. The molecule has 31 heavy (non-hydrogen) atoms. The molecule has 4 heterocycles. The van der Waals surface area contributed by atoms with E-state index >= 15 is 0 Å². The molecule has 2 aliphatic rings. The van der Waals surface area contributed by atoms with Crippen molar-refractivity contribution >= 4 is 35.2 Å². The van der Waals surface area contributed by atoms with E-state index in [4.69, 9.17) is 21.3 Å². The van der Waals surface area contributed by atoms with E-state index in [9.17, 15) is 9.59 Å². The van der Waals surface area contributed by atoms with Gasteiger partial charge in [0, 0.05) is 48.6 Å². The third-order valence-electron chi connectivity index (χ3n) is 5.73. The van der Waals surface area contributed by atoms with E-state index in [0.29, 0.717) is 30.1 Å². The van der Waals surface area contributed by atoms with Gasteiger partial charge < -0.3 is 14.5 Å². The number of pyridine rings is 2. The number of hydrogen-bond acceptors (Lipinski definition) is 6. The van der Waals surface area contributed by atoms with Crippen LogP contribution < -0.4 is 4.74 Å². The summed E-state index contributed by atoms with van der Waals surface area (Å²) in [6, 6.07) is 6.98. The van der Waals surface area contributed by atoms with Gasteiger partial charge in [-0.2, -0.15) is 0 Å². The summed E-state index contributed by atoms with van der Waals surface area (Å²) in [4.78, 5) is 38.5. The molecule has 0 aromatic carbocycles. The fraction of sp³-hybridized carbons (Fsp3) is 0.455. The monoisotopic (exact) mass is 460 g/mol. The first-order chi connectivity index (χ1) is 15.0. The summed E-state index contributed by atoms with van der Waals surface area (Å²) >= 11 is 7.80. The van der Waals surface area contributed by atoms with Crippen LogP contribution in [0.15, 0.2) is 24.3 Å². The van der Waals surface area contributed by atoms with Crippen LogP contribution in [-0.2, 0) is 0 Å². The Morgan fingerprint density at radius 1 is 1.10 bits per heavy atom. The number of nitrogens with zero attached hydrogens (tertiary/aromatic N) is 4. The SMILES string of the molecule is COc1cc(C(=O)N2CCC(c3nc(C)ccc3C(=O)N3CCSC3)CC2)cc(Cl)n1. The van der Waals surface area contributed by atoms with Crippen molar-refractivity contribution < 1.29 is 14.3 Å². The lowest BCUT2D eigenvalue weighted by atomic mass is 9.89. The number of piperidine rings is 1. The Balaban J connectivity index is 1.49. The van der Waals surface area contributed by atoms with E-state index < -0.39 is 0 Å². The number of aromatic nitrogens is 2. The van der Waals surface area contributed by atoms with Crippen LogP contribution in [0.2, 0.25) is 5.15 Å². The number of likely N-dealkylation sites (tertiary alicyclic amines) is 1. The van der Waals surface area contributed by atoms with Crippen molar-refractivity contribution in [2.24, 2.45) is 0 Å². The summed E-state index contributed by atoms with van der Waals surface area (Å²) in [5.74, 6) is 2.14. The molecule has 0 N–H and O–H groups in total. The number of rotatable bonds is 4.